The lowest BCUT2D eigenvalue weighted by Crippen LogP contribution is -2.69. The maximum atomic E-state index is 12.1. The predicted molar refractivity (Wildman–Crippen MR) is 254 cm³/mol. The van der Waals surface area contributed by atoms with Crippen LogP contribution in [0.5, 0.6) is 5.75 Å². The minimum atomic E-state index is -1.36. The average Bonchev–Trinajstić information content (AvgIpc) is 3.41. The van der Waals surface area contributed by atoms with Gasteiger partial charge in [0.25, 0.3) is 0 Å². The summed E-state index contributed by atoms with van der Waals surface area (Å²) in [5, 5.41) is 16.2. The molecule has 2 aliphatic heterocycles. The van der Waals surface area contributed by atoms with E-state index in [1.54, 1.807) is 7.11 Å². The van der Waals surface area contributed by atoms with Gasteiger partial charge in [0, 0.05) is 10.5 Å². The largest absolute Gasteiger partial charge is 0.497 e. The van der Waals surface area contributed by atoms with Crippen LogP contribution in [-0.2, 0) is 75.7 Å². The van der Waals surface area contributed by atoms with Crippen LogP contribution in [0.25, 0.3) is 10.4 Å². The molecule has 0 aromatic heterocycles. The molecule has 3 aliphatic rings. The number of ether oxygens (including phenoxy) is 10. The second-order valence-electron chi connectivity index (χ2n) is 17.2. The lowest BCUT2D eigenvalue weighted by molar-refractivity contribution is -0.366. The van der Waals surface area contributed by atoms with Crippen molar-refractivity contribution >= 4 is 0 Å². The molecule has 9 rings (SSSR count). The van der Waals surface area contributed by atoms with E-state index in [-0.39, 0.29) is 39.6 Å². The van der Waals surface area contributed by atoms with E-state index in [0.717, 1.165) is 33.4 Å². The Morgan fingerprint density at radius 3 is 1.32 bits per heavy atom. The van der Waals surface area contributed by atoms with Crippen molar-refractivity contribution in [1.82, 2.24) is 0 Å². The highest BCUT2D eigenvalue weighted by atomic mass is 16.8. The third kappa shape index (κ3) is 12.3. The van der Waals surface area contributed by atoms with Crippen LogP contribution in [0.2, 0.25) is 0 Å². The third-order valence-corrected chi connectivity index (χ3v) is 12.6. The van der Waals surface area contributed by atoms with Crippen molar-refractivity contribution in [3.05, 3.63) is 220 Å². The molecule has 1 N–H and O–H groups in total. The van der Waals surface area contributed by atoms with Crippen molar-refractivity contribution < 1.29 is 52.5 Å². The van der Waals surface area contributed by atoms with Gasteiger partial charge in [0.05, 0.1) is 52.9 Å². The summed E-state index contributed by atoms with van der Waals surface area (Å²) in [5.74, 6) is 0.699. The molecule has 69 heavy (non-hydrogen) atoms. The quantitative estimate of drug-likeness (QED) is 0.0442. The predicted octanol–water partition coefficient (Wildman–Crippen LogP) is 9.20. The van der Waals surface area contributed by atoms with E-state index in [2.05, 4.69) is 10.0 Å². The van der Waals surface area contributed by atoms with E-state index >= 15 is 0 Å². The highest BCUT2D eigenvalue weighted by molar-refractivity contribution is 5.27. The second-order valence-corrected chi connectivity index (χ2v) is 17.2. The zero-order chi connectivity index (χ0) is 47.2. The highest BCUT2D eigenvalue weighted by Crippen LogP contribution is 2.41. The molecule has 6 aromatic carbocycles. The second kappa shape index (κ2) is 24.0. The molecule has 0 unspecified atom stereocenters. The first-order valence-corrected chi connectivity index (χ1v) is 23.3. The summed E-state index contributed by atoms with van der Waals surface area (Å²) in [6.45, 7) is 0.929. The average molecular weight is 936 g/mol. The molecule has 6 aromatic rings. The van der Waals surface area contributed by atoms with Crippen LogP contribution >= 0.6 is 0 Å². The number of fused-ring (bicyclic) bond motifs is 1. The van der Waals surface area contributed by atoms with Gasteiger partial charge in [-0.05, 0) is 45.5 Å². The van der Waals surface area contributed by atoms with Gasteiger partial charge in [-0.3, -0.25) is 0 Å². The lowest BCUT2D eigenvalue weighted by atomic mass is 9.83. The monoisotopic (exact) mass is 935 g/mol. The number of rotatable bonds is 20. The summed E-state index contributed by atoms with van der Waals surface area (Å²) in [6, 6.07) is 55.2. The molecule has 0 radical (unpaired) electrons. The van der Waals surface area contributed by atoms with Gasteiger partial charge in [0.15, 0.2) is 12.6 Å². The number of nitrogens with zero attached hydrogens (tertiary/aromatic N) is 3. The Bertz CT molecular complexity index is 2490. The van der Waals surface area contributed by atoms with Gasteiger partial charge >= 0.3 is 0 Å². The molecule has 14 nitrogen and oxygen atoms in total. The SMILES string of the molecule is COc1ccc(CO[C@@H]2[C@H](OCc3ccccc3)[C@H](OCc3ccccc3)[C@@H](OCc3ccccc3)[C@H](OCc3ccccc3)[C@H]2O[C@H]2O[C@@H]3CO[C@H](c4ccccc4)O[C@H]3[C@H](O)[C@H]2N=[N+]=[N-])cc1. The molecular formula is C55H57N3O11. The Morgan fingerprint density at radius 1 is 0.522 bits per heavy atom. The summed E-state index contributed by atoms with van der Waals surface area (Å²) >= 11 is 0. The number of aliphatic hydroxyl groups is 1. The van der Waals surface area contributed by atoms with Crippen molar-refractivity contribution in [3.63, 3.8) is 0 Å². The van der Waals surface area contributed by atoms with Crippen LogP contribution in [0.3, 0.4) is 0 Å². The number of hydrogen-bond acceptors (Lipinski definition) is 12. The van der Waals surface area contributed by atoms with Gasteiger partial charge in [0.2, 0.25) is 0 Å². The highest BCUT2D eigenvalue weighted by Gasteiger charge is 2.58. The van der Waals surface area contributed by atoms with E-state index in [0.29, 0.717) is 5.75 Å². The lowest BCUT2D eigenvalue weighted by Gasteiger charge is -2.52. The minimum Gasteiger partial charge on any atom is -0.497 e. The van der Waals surface area contributed by atoms with E-state index < -0.39 is 73.6 Å². The molecule has 358 valence electrons. The number of hydrogen-bond donors (Lipinski definition) is 1. The van der Waals surface area contributed by atoms with Crippen molar-refractivity contribution in [2.75, 3.05) is 13.7 Å². The number of methoxy groups -OCH3 is 1. The maximum Gasteiger partial charge on any atom is 0.184 e. The molecule has 12 atom stereocenters. The van der Waals surface area contributed by atoms with E-state index in [4.69, 9.17) is 47.4 Å². The van der Waals surface area contributed by atoms with Crippen LogP contribution in [0.1, 0.15) is 39.7 Å². The molecule has 2 saturated heterocycles. The molecule has 0 spiro atoms. The standard InChI is InChI=1S/C55H57N3O11/c1-60-43-29-27-41(28-30-43)35-65-52-50(63-33-39-21-11-4-12-22-39)48(61-31-37-17-7-2-8-18-37)49(62-32-38-19-9-3-10-20-38)51(64-34-40-23-13-5-14-24-40)53(52)69-55-45(57-58-56)46(59)47-44(67-55)36-66-54(68-47)42-25-15-6-16-26-42/h2-30,44-55,59H,31-36H2,1H3/t44-,45-,46-,47-,48-,49-,50-,51+,52-,53-,54+,55-/m1/s1. The van der Waals surface area contributed by atoms with Crippen LogP contribution in [-0.4, -0.2) is 86.1 Å². The summed E-state index contributed by atoms with van der Waals surface area (Å²) in [6.07, 6.45) is -10.7. The first-order chi connectivity index (χ1) is 34.0. The summed E-state index contributed by atoms with van der Waals surface area (Å²) in [4.78, 5) is 3.17. The first-order valence-electron chi connectivity index (χ1n) is 23.3. The van der Waals surface area contributed by atoms with Gasteiger partial charge in [-0.1, -0.05) is 169 Å². The van der Waals surface area contributed by atoms with Crippen molar-refractivity contribution in [2.45, 2.75) is 107 Å². The van der Waals surface area contributed by atoms with Gasteiger partial charge in [0.1, 0.15) is 60.6 Å². The minimum absolute atomic E-state index is 0.0567. The molecule has 0 bridgehead atoms. The van der Waals surface area contributed by atoms with Crippen LogP contribution < -0.4 is 4.74 Å². The molecule has 0 amide bonds. The summed E-state index contributed by atoms with van der Waals surface area (Å²) in [7, 11) is 1.62. The third-order valence-electron chi connectivity index (χ3n) is 12.6. The van der Waals surface area contributed by atoms with Crippen LogP contribution in [0.15, 0.2) is 181 Å². The normalized spacial score (nSPS) is 27.7. The number of aliphatic hydroxyl groups excluding tert-OH is 1. The smallest absolute Gasteiger partial charge is 0.184 e. The van der Waals surface area contributed by atoms with Gasteiger partial charge in [-0.15, -0.1) is 0 Å². The van der Waals surface area contributed by atoms with Gasteiger partial charge in [-0.25, -0.2) is 0 Å². The van der Waals surface area contributed by atoms with Gasteiger partial charge < -0.3 is 52.5 Å². The number of benzene rings is 6. The van der Waals surface area contributed by atoms with Crippen LogP contribution in [0.4, 0.5) is 0 Å². The summed E-state index contributed by atoms with van der Waals surface area (Å²) < 4.78 is 67.2. The summed E-state index contributed by atoms with van der Waals surface area (Å²) in [5.41, 5.74) is 15.4. The fraction of sp³-hybridized carbons (Fsp3) is 0.345. The molecule has 1 saturated carbocycles. The molecule has 14 heteroatoms. The van der Waals surface area contributed by atoms with E-state index in [1.807, 2.05) is 176 Å². The Balaban J connectivity index is 1.13. The van der Waals surface area contributed by atoms with E-state index in [9.17, 15) is 10.6 Å². The zero-order valence-electron chi connectivity index (χ0n) is 38.3. The molecular weight excluding hydrogens is 879 g/mol. The number of azide groups is 1. The fourth-order valence-electron chi connectivity index (χ4n) is 9.01. The topological polar surface area (TPSA) is 161 Å². The van der Waals surface area contributed by atoms with Crippen molar-refractivity contribution in [1.29, 1.82) is 0 Å². The maximum absolute atomic E-state index is 12.1. The van der Waals surface area contributed by atoms with Crippen molar-refractivity contribution in [2.24, 2.45) is 5.11 Å². The Morgan fingerprint density at radius 2 is 0.913 bits per heavy atom. The molecule has 2 heterocycles. The van der Waals surface area contributed by atoms with Crippen LogP contribution in [0, 0.1) is 0 Å². The van der Waals surface area contributed by atoms with E-state index in [1.165, 1.54) is 0 Å². The molecule has 3 fully saturated rings. The first kappa shape index (κ1) is 48.1. The molecule has 1 aliphatic carbocycles. The fourth-order valence-corrected chi connectivity index (χ4v) is 9.01. The Hall–Kier alpha value is -5.97. The van der Waals surface area contributed by atoms with Gasteiger partial charge in [-0.2, -0.15) is 0 Å². The Kier molecular flexibility index (Phi) is 16.7. The van der Waals surface area contributed by atoms with Crippen molar-refractivity contribution in [3.8, 4) is 5.75 Å². The zero-order valence-corrected chi connectivity index (χ0v) is 38.3. The Labute approximate surface area is 402 Å².